The van der Waals surface area contributed by atoms with Crippen LogP contribution in [0.3, 0.4) is 0 Å². The van der Waals surface area contributed by atoms with E-state index in [-0.39, 0.29) is 22.4 Å². The predicted molar refractivity (Wildman–Crippen MR) is 94.9 cm³/mol. The second kappa shape index (κ2) is 6.56. The van der Waals surface area contributed by atoms with Crippen LogP contribution in [-0.4, -0.2) is 15.4 Å². The lowest BCUT2D eigenvalue weighted by Crippen LogP contribution is -2.23. The van der Waals surface area contributed by atoms with Crippen molar-refractivity contribution in [2.24, 2.45) is 0 Å². The molecular weight excluding hydrogens is 322 g/mol. The van der Waals surface area contributed by atoms with Crippen LogP contribution in [0.2, 0.25) is 0 Å². The van der Waals surface area contributed by atoms with Crippen molar-refractivity contribution in [3.8, 4) is 0 Å². The Morgan fingerprint density at radius 1 is 1.20 bits per heavy atom. The van der Waals surface area contributed by atoms with Crippen LogP contribution in [0.5, 0.6) is 0 Å². The molecule has 1 aromatic heterocycles. The van der Waals surface area contributed by atoms with Crippen molar-refractivity contribution in [2.75, 3.05) is 5.32 Å². The fourth-order valence-electron chi connectivity index (χ4n) is 2.66. The molecule has 0 radical (unpaired) electrons. The van der Waals surface area contributed by atoms with Crippen molar-refractivity contribution in [3.05, 3.63) is 80.6 Å². The van der Waals surface area contributed by atoms with E-state index in [0.717, 1.165) is 5.52 Å². The average molecular weight is 337 g/mol. The Morgan fingerprint density at radius 2 is 1.96 bits per heavy atom. The second-order valence-electron chi connectivity index (χ2n) is 5.44. The second-order valence-corrected chi connectivity index (χ2v) is 5.44. The molecule has 1 amide bonds. The van der Waals surface area contributed by atoms with Gasteiger partial charge in [0.25, 0.3) is 11.6 Å². The number of hydrogen-bond acceptors (Lipinski definition) is 4. The first-order valence-electron chi connectivity index (χ1n) is 7.69. The van der Waals surface area contributed by atoms with Gasteiger partial charge in [-0.15, -0.1) is 0 Å². The lowest BCUT2D eigenvalue weighted by Gasteiger charge is -2.11. The molecule has 126 valence electrons. The molecule has 3 aromatic rings. The smallest absolute Gasteiger partial charge is 0.271 e. The minimum absolute atomic E-state index is 0.00736. The van der Waals surface area contributed by atoms with Crippen LogP contribution < -0.4 is 10.7 Å². The number of nitro groups is 1. The van der Waals surface area contributed by atoms with Gasteiger partial charge in [0.2, 0.25) is 5.43 Å². The average Bonchev–Trinajstić information content (AvgIpc) is 2.62. The predicted octanol–water partition coefficient (Wildman–Crippen LogP) is 3.18. The standard InChI is InChI=1S/C18H15N3O4/c1-2-20-11-15(17(22)14-8-3-4-9-16(14)20)18(23)19-12-6-5-7-13(10-12)21(24)25/h3-11H,2H2,1H3,(H,19,23). The van der Waals surface area contributed by atoms with Gasteiger partial charge >= 0.3 is 0 Å². The summed E-state index contributed by atoms with van der Waals surface area (Å²) in [6.45, 7) is 2.51. The molecule has 2 aromatic carbocycles. The van der Waals surface area contributed by atoms with Crippen molar-refractivity contribution >= 4 is 28.2 Å². The monoisotopic (exact) mass is 337 g/mol. The minimum atomic E-state index is -0.599. The van der Waals surface area contributed by atoms with Crippen LogP contribution >= 0.6 is 0 Å². The first-order valence-corrected chi connectivity index (χ1v) is 7.69. The number of fused-ring (bicyclic) bond motifs is 1. The first-order chi connectivity index (χ1) is 12.0. The number of pyridine rings is 1. The summed E-state index contributed by atoms with van der Waals surface area (Å²) in [7, 11) is 0. The molecule has 25 heavy (non-hydrogen) atoms. The fraction of sp³-hybridized carbons (Fsp3) is 0.111. The summed E-state index contributed by atoms with van der Waals surface area (Å²) in [5.74, 6) is -0.599. The quantitative estimate of drug-likeness (QED) is 0.584. The Balaban J connectivity index is 2.03. The highest BCUT2D eigenvalue weighted by atomic mass is 16.6. The summed E-state index contributed by atoms with van der Waals surface area (Å²) in [4.78, 5) is 35.4. The van der Waals surface area contributed by atoms with E-state index in [9.17, 15) is 19.7 Å². The third kappa shape index (κ3) is 3.12. The Bertz CT molecular complexity index is 1040. The van der Waals surface area contributed by atoms with Gasteiger partial charge in [-0.05, 0) is 25.1 Å². The maximum atomic E-state index is 12.6. The SMILES string of the molecule is CCn1cc(C(=O)Nc2cccc([N+](=O)[O-])c2)c(=O)c2ccccc21. The molecule has 1 heterocycles. The van der Waals surface area contributed by atoms with Gasteiger partial charge < -0.3 is 9.88 Å². The molecule has 0 aliphatic carbocycles. The van der Waals surface area contributed by atoms with Gasteiger partial charge in [-0.2, -0.15) is 0 Å². The van der Waals surface area contributed by atoms with E-state index in [1.807, 2.05) is 23.6 Å². The number of amides is 1. The molecule has 0 unspecified atom stereocenters. The third-order valence-corrected chi connectivity index (χ3v) is 3.89. The van der Waals surface area contributed by atoms with E-state index in [0.29, 0.717) is 11.9 Å². The van der Waals surface area contributed by atoms with E-state index < -0.39 is 10.8 Å². The third-order valence-electron chi connectivity index (χ3n) is 3.89. The van der Waals surface area contributed by atoms with E-state index in [2.05, 4.69) is 5.32 Å². The van der Waals surface area contributed by atoms with E-state index in [4.69, 9.17) is 0 Å². The number of para-hydroxylation sites is 1. The molecule has 0 saturated heterocycles. The molecule has 0 aliphatic heterocycles. The number of benzene rings is 2. The minimum Gasteiger partial charge on any atom is -0.347 e. The number of aromatic nitrogens is 1. The lowest BCUT2D eigenvalue weighted by molar-refractivity contribution is -0.384. The van der Waals surface area contributed by atoms with Crippen molar-refractivity contribution in [2.45, 2.75) is 13.5 Å². The van der Waals surface area contributed by atoms with Gasteiger partial charge in [0.15, 0.2) is 0 Å². The van der Waals surface area contributed by atoms with E-state index in [1.165, 1.54) is 30.5 Å². The highest BCUT2D eigenvalue weighted by molar-refractivity contribution is 6.05. The molecule has 1 N–H and O–H groups in total. The van der Waals surface area contributed by atoms with Crippen LogP contribution in [-0.2, 0) is 6.54 Å². The summed E-state index contributed by atoms with van der Waals surface area (Å²) in [6.07, 6.45) is 1.51. The summed E-state index contributed by atoms with van der Waals surface area (Å²) < 4.78 is 1.82. The molecule has 0 atom stereocenters. The maximum absolute atomic E-state index is 12.6. The van der Waals surface area contributed by atoms with Gasteiger partial charge in [0.05, 0.1) is 10.4 Å². The Labute approximate surface area is 142 Å². The zero-order chi connectivity index (χ0) is 18.0. The van der Waals surface area contributed by atoms with Crippen molar-refractivity contribution < 1.29 is 9.72 Å². The van der Waals surface area contributed by atoms with Crippen LogP contribution in [0.25, 0.3) is 10.9 Å². The van der Waals surface area contributed by atoms with Crippen LogP contribution in [0.1, 0.15) is 17.3 Å². The number of aryl methyl sites for hydroxylation is 1. The largest absolute Gasteiger partial charge is 0.347 e. The van der Waals surface area contributed by atoms with Gasteiger partial charge in [0.1, 0.15) is 5.56 Å². The fourth-order valence-corrected chi connectivity index (χ4v) is 2.66. The van der Waals surface area contributed by atoms with Crippen LogP contribution in [0.15, 0.2) is 59.5 Å². The molecule has 0 bridgehead atoms. The van der Waals surface area contributed by atoms with Crippen molar-refractivity contribution in [1.82, 2.24) is 4.57 Å². The lowest BCUT2D eigenvalue weighted by atomic mass is 10.1. The molecular formula is C18H15N3O4. The molecule has 0 spiro atoms. The zero-order valence-corrected chi connectivity index (χ0v) is 13.4. The molecule has 0 saturated carbocycles. The zero-order valence-electron chi connectivity index (χ0n) is 13.4. The normalized spacial score (nSPS) is 10.6. The van der Waals surface area contributed by atoms with Gasteiger partial charge in [-0.3, -0.25) is 19.7 Å². The van der Waals surface area contributed by atoms with E-state index >= 15 is 0 Å². The number of carbonyl (C=O) groups is 1. The molecule has 7 heteroatoms. The van der Waals surface area contributed by atoms with Gasteiger partial charge in [-0.1, -0.05) is 18.2 Å². The van der Waals surface area contributed by atoms with Crippen molar-refractivity contribution in [1.29, 1.82) is 0 Å². The highest BCUT2D eigenvalue weighted by Gasteiger charge is 2.16. The highest BCUT2D eigenvalue weighted by Crippen LogP contribution is 2.18. The van der Waals surface area contributed by atoms with Gasteiger partial charge in [0, 0.05) is 35.9 Å². The summed E-state index contributed by atoms with van der Waals surface area (Å²) >= 11 is 0. The number of hydrogen-bond donors (Lipinski definition) is 1. The Kier molecular flexibility index (Phi) is 4.30. The van der Waals surface area contributed by atoms with Crippen LogP contribution in [0, 0.1) is 10.1 Å². The topological polar surface area (TPSA) is 94.2 Å². The van der Waals surface area contributed by atoms with Crippen molar-refractivity contribution in [3.63, 3.8) is 0 Å². The summed E-state index contributed by atoms with van der Waals surface area (Å²) in [5, 5.41) is 13.8. The van der Waals surface area contributed by atoms with E-state index in [1.54, 1.807) is 12.1 Å². The molecule has 3 rings (SSSR count). The number of nitrogens with one attached hydrogen (secondary N) is 1. The Morgan fingerprint density at radius 3 is 2.68 bits per heavy atom. The molecule has 7 nitrogen and oxygen atoms in total. The maximum Gasteiger partial charge on any atom is 0.271 e. The number of nitrogens with zero attached hydrogens (tertiary/aromatic N) is 2. The summed E-state index contributed by atoms with van der Waals surface area (Å²) in [5.41, 5.74) is 0.495. The number of carbonyl (C=O) groups excluding carboxylic acids is 1. The number of anilines is 1. The first kappa shape index (κ1) is 16.4. The Hall–Kier alpha value is -3.48. The number of rotatable bonds is 4. The van der Waals surface area contributed by atoms with Gasteiger partial charge in [-0.25, -0.2) is 0 Å². The molecule has 0 fully saturated rings. The number of nitro benzene ring substituents is 1. The summed E-state index contributed by atoms with van der Waals surface area (Å²) in [6, 6.07) is 12.6. The molecule has 0 aliphatic rings. The van der Waals surface area contributed by atoms with Crippen LogP contribution in [0.4, 0.5) is 11.4 Å². The number of non-ortho nitro benzene ring substituents is 1.